The molecule has 3 nitrogen and oxygen atoms in total. The minimum Gasteiger partial charge on any atom is -0.243 e. The highest BCUT2D eigenvalue weighted by molar-refractivity contribution is 9.10. The Morgan fingerprint density at radius 1 is 1.33 bits per heavy atom. The first-order valence-corrected chi connectivity index (χ1v) is 3.99. The summed E-state index contributed by atoms with van der Waals surface area (Å²) in [6, 6.07) is 8.85. The number of pyridine rings is 1. The highest BCUT2D eigenvalue weighted by Gasteiger charge is 2.09. The molecule has 1 aromatic rings. The SMILES string of the molecule is N#CC(C#N)c1cccc(Br)n1. The molecular weight excluding hydrogens is 218 g/mol. The molecule has 0 atom stereocenters. The van der Waals surface area contributed by atoms with Crippen LogP contribution in [0.4, 0.5) is 0 Å². The Balaban J connectivity index is 3.06. The number of nitriles is 2. The molecule has 0 fully saturated rings. The molecular formula is C8H4BrN3. The maximum atomic E-state index is 8.54. The standard InChI is InChI=1S/C8H4BrN3/c9-8-3-1-2-7(12-8)6(4-10)5-11/h1-3,6H. The van der Waals surface area contributed by atoms with E-state index in [1.54, 1.807) is 18.2 Å². The molecule has 0 aliphatic heterocycles. The highest BCUT2D eigenvalue weighted by atomic mass is 79.9. The topological polar surface area (TPSA) is 60.5 Å². The number of nitrogens with zero attached hydrogens (tertiary/aromatic N) is 3. The van der Waals surface area contributed by atoms with Crippen LogP contribution < -0.4 is 0 Å². The van der Waals surface area contributed by atoms with Gasteiger partial charge in [-0.15, -0.1) is 0 Å². The summed E-state index contributed by atoms with van der Waals surface area (Å²) in [5.41, 5.74) is 0.481. The number of aromatic nitrogens is 1. The van der Waals surface area contributed by atoms with Gasteiger partial charge in [0.05, 0.1) is 17.8 Å². The number of hydrogen-bond acceptors (Lipinski definition) is 3. The van der Waals surface area contributed by atoms with Crippen molar-refractivity contribution in [3.63, 3.8) is 0 Å². The van der Waals surface area contributed by atoms with Crippen molar-refractivity contribution < 1.29 is 0 Å². The monoisotopic (exact) mass is 221 g/mol. The Bertz CT molecular complexity index is 347. The van der Waals surface area contributed by atoms with Crippen molar-refractivity contribution in [3.8, 4) is 12.1 Å². The van der Waals surface area contributed by atoms with E-state index in [0.29, 0.717) is 10.3 Å². The summed E-state index contributed by atoms with van der Waals surface area (Å²) in [6.07, 6.45) is 0. The van der Waals surface area contributed by atoms with E-state index in [1.807, 2.05) is 12.1 Å². The lowest BCUT2D eigenvalue weighted by atomic mass is 10.1. The van der Waals surface area contributed by atoms with Gasteiger partial charge in [-0.1, -0.05) is 6.07 Å². The zero-order valence-corrected chi connectivity index (χ0v) is 7.62. The number of halogens is 1. The maximum Gasteiger partial charge on any atom is 0.175 e. The van der Waals surface area contributed by atoms with Crippen LogP contribution in [0.1, 0.15) is 11.6 Å². The van der Waals surface area contributed by atoms with Crippen molar-refractivity contribution in [1.29, 1.82) is 10.5 Å². The molecule has 0 saturated carbocycles. The average molecular weight is 222 g/mol. The summed E-state index contributed by atoms with van der Waals surface area (Å²) in [6.45, 7) is 0. The molecule has 58 valence electrons. The lowest BCUT2D eigenvalue weighted by Gasteiger charge is -1.98. The fourth-order valence-electron chi connectivity index (χ4n) is 0.746. The van der Waals surface area contributed by atoms with Crippen LogP contribution in [-0.2, 0) is 0 Å². The van der Waals surface area contributed by atoms with Gasteiger partial charge in [-0.25, -0.2) is 4.98 Å². The van der Waals surface area contributed by atoms with Gasteiger partial charge in [0, 0.05) is 0 Å². The van der Waals surface area contributed by atoms with Crippen LogP contribution in [0.5, 0.6) is 0 Å². The molecule has 0 unspecified atom stereocenters. The second kappa shape index (κ2) is 3.85. The van der Waals surface area contributed by atoms with Crippen LogP contribution in [-0.4, -0.2) is 4.98 Å². The fourth-order valence-corrected chi connectivity index (χ4v) is 1.10. The fraction of sp³-hybridized carbons (Fsp3) is 0.125. The molecule has 0 aromatic carbocycles. The summed E-state index contributed by atoms with van der Waals surface area (Å²) in [7, 11) is 0. The predicted octanol–water partition coefficient (Wildman–Crippen LogP) is 1.97. The quantitative estimate of drug-likeness (QED) is 0.682. The van der Waals surface area contributed by atoms with Crippen molar-refractivity contribution in [1.82, 2.24) is 4.98 Å². The zero-order valence-electron chi connectivity index (χ0n) is 6.03. The number of hydrogen-bond donors (Lipinski definition) is 0. The number of rotatable bonds is 1. The first-order valence-electron chi connectivity index (χ1n) is 3.19. The Morgan fingerprint density at radius 3 is 2.50 bits per heavy atom. The van der Waals surface area contributed by atoms with Gasteiger partial charge in [0.1, 0.15) is 4.60 Å². The smallest absolute Gasteiger partial charge is 0.175 e. The van der Waals surface area contributed by atoms with Gasteiger partial charge >= 0.3 is 0 Å². The summed E-state index contributed by atoms with van der Waals surface area (Å²) in [5, 5.41) is 17.1. The van der Waals surface area contributed by atoms with Gasteiger partial charge in [-0.2, -0.15) is 10.5 Å². The molecule has 0 aliphatic carbocycles. The molecule has 4 heteroatoms. The predicted molar refractivity (Wildman–Crippen MR) is 45.9 cm³/mol. The highest BCUT2D eigenvalue weighted by Crippen LogP contribution is 2.14. The second-order valence-electron chi connectivity index (χ2n) is 2.08. The molecule has 0 aliphatic rings. The van der Waals surface area contributed by atoms with E-state index < -0.39 is 5.92 Å². The van der Waals surface area contributed by atoms with Crippen molar-refractivity contribution in [2.24, 2.45) is 0 Å². The van der Waals surface area contributed by atoms with Gasteiger partial charge in [-0.3, -0.25) is 0 Å². The largest absolute Gasteiger partial charge is 0.243 e. The Kier molecular flexibility index (Phi) is 2.79. The molecule has 0 bridgehead atoms. The van der Waals surface area contributed by atoms with Crippen LogP contribution in [0, 0.1) is 22.7 Å². The first kappa shape index (κ1) is 8.70. The molecule has 0 radical (unpaired) electrons. The van der Waals surface area contributed by atoms with Gasteiger partial charge in [-0.05, 0) is 28.1 Å². The molecule has 1 aromatic heterocycles. The average Bonchev–Trinajstić information content (AvgIpc) is 2.07. The Labute approximate surface area is 78.4 Å². The summed E-state index contributed by atoms with van der Waals surface area (Å²) in [5.74, 6) is -0.775. The Morgan fingerprint density at radius 2 is 2.00 bits per heavy atom. The molecule has 0 spiro atoms. The molecule has 0 saturated heterocycles. The van der Waals surface area contributed by atoms with Crippen LogP contribution in [0.25, 0.3) is 0 Å². The molecule has 1 rings (SSSR count). The lowest BCUT2D eigenvalue weighted by Crippen LogP contribution is -1.95. The van der Waals surface area contributed by atoms with E-state index >= 15 is 0 Å². The molecule has 1 heterocycles. The van der Waals surface area contributed by atoms with Gasteiger partial charge in [0.25, 0.3) is 0 Å². The first-order chi connectivity index (χ1) is 5.77. The minimum absolute atomic E-state index is 0.481. The van der Waals surface area contributed by atoms with Crippen LogP contribution in [0.15, 0.2) is 22.8 Å². The molecule has 0 amide bonds. The van der Waals surface area contributed by atoms with Crippen LogP contribution >= 0.6 is 15.9 Å². The van der Waals surface area contributed by atoms with Crippen LogP contribution in [0.3, 0.4) is 0 Å². The minimum atomic E-state index is -0.775. The summed E-state index contributed by atoms with van der Waals surface area (Å²) < 4.78 is 0.635. The lowest BCUT2D eigenvalue weighted by molar-refractivity contribution is 1.00. The molecule has 0 N–H and O–H groups in total. The zero-order chi connectivity index (χ0) is 8.97. The van der Waals surface area contributed by atoms with Gasteiger partial charge in [0.2, 0.25) is 0 Å². The van der Waals surface area contributed by atoms with E-state index in [1.165, 1.54) is 0 Å². The third kappa shape index (κ3) is 1.81. The summed E-state index contributed by atoms with van der Waals surface area (Å²) in [4.78, 5) is 3.99. The van der Waals surface area contributed by atoms with E-state index in [9.17, 15) is 0 Å². The maximum absolute atomic E-state index is 8.54. The third-order valence-electron chi connectivity index (χ3n) is 1.29. The second-order valence-corrected chi connectivity index (χ2v) is 2.89. The van der Waals surface area contributed by atoms with Crippen molar-refractivity contribution in [2.45, 2.75) is 5.92 Å². The van der Waals surface area contributed by atoms with E-state index in [2.05, 4.69) is 20.9 Å². The van der Waals surface area contributed by atoms with Crippen molar-refractivity contribution in [2.75, 3.05) is 0 Å². The van der Waals surface area contributed by atoms with Gasteiger partial charge < -0.3 is 0 Å². The normalized spacial score (nSPS) is 9.00. The van der Waals surface area contributed by atoms with Crippen molar-refractivity contribution >= 4 is 15.9 Å². The van der Waals surface area contributed by atoms with E-state index in [0.717, 1.165) is 0 Å². The van der Waals surface area contributed by atoms with E-state index in [-0.39, 0.29) is 0 Å². The summed E-state index contributed by atoms with van der Waals surface area (Å²) >= 11 is 3.16. The molecule has 12 heavy (non-hydrogen) atoms. The Hall–Kier alpha value is -1.39. The van der Waals surface area contributed by atoms with Crippen LogP contribution in [0.2, 0.25) is 0 Å². The third-order valence-corrected chi connectivity index (χ3v) is 1.73. The van der Waals surface area contributed by atoms with E-state index in [4.69, 9.17) is 10.5 Å². The van der Waals surface area contributed by atoms with Gasteiger partial charge in [0.15, 0.2) is 5.92 Å². The van der Waals surface area contributed by atoms with Crippen molar-refractivity contribution in [3.05, 3.63) is 28.5 Å².